The highest BCUT2D eigenvalue weighted by atomic mass is 35.5. The highest BCUT2D eigenvalue weighted by Crippen LogP contribution is 2.22. The predicted octanol–water partition coefficient (Wildman–Crippen LogP) is 4.07. The van der Waals surface area contributed by atoms with Crippen LogP contribution in [0.5, 0.6) is 0 Å². The normalized spacial score (nSPS) is 15.7. The van der Waals surface area contributed by atoms with E-state index in [0.29, 0.717) is 38.0 Å². The third-order valence-corrected chi connectivity index (χ3v) is 8.34. The molecule has 0 aromatic heterocycles. The molecule has 2 aromatic rings. The van der Waals surface area contributed by atoms with Gasteiger partial charge in [0, 0.05) is 42.1 Å². The maximum atomic E-state index is 13.0. The molecule has 1 saturated heterocycles. The molecular weight excluding hydrogens is 459 g/mol. The zero-order valence-corrected chi connectivity index (χ0v) is 19.5. The van der Waals surface area contributed by atoms with E-state index in [2.05, 4.69) is 5.32 Å². The van der Waals surface area contributed by atoms with Crippen LogP contribution in [0.15, 0.2) is 48.5 Å². The number of amides is 1. The number of thioether (sulfide) groups is 1. The molecule has 9 heteroatoms. The smallest absolute Gasteiger partial charge is 0.223 e. The molecule has 1 fully saturated rings. The van der Waals surface area contributed by atoms with E-state index >= 15 is 0 Å². The lowest BCUT2D eigenvalue weighted by atomic mass is 9.97. The quantitative estimate of drug-likeness (QED) is 0.545. The molecule has 2 aromatic carbocycles. The minimum Gasteiger partial charge on any atom is -0.355 e. The summed E-state index contributed by atoms with van der Waals surface area (Å²) in [7, 11) is -3.48. The number of hydrogen-bond donors (Lipinski definition) is 1. The first-order valence-corrected chi connectivity index (χ1v) is 13.3. The Balaban J connectivity index is 1.36. The molecule has 0 radical (unpaired) electrons. The fourth-order valence-corrected chi connectivity index (χ4v) is 5.95. The zero-order chi connectivity index (χ0) is 22.3. The molecule has 0 saturated carbocycles. The number of piperidine rings is 1. The summed E-state index contributed by atoms with van der Waals surface area (Å²) >= 11 is 7.61. The predicted molar refractivity (Wildman–Crippen MR) is 124 cm³/mol. The number of nitrogens with zero attached hydrogens (tertiary/aromatic N) is 1. The SMILES string of the molecule is O=C(NCCSCc1ccc(Cl)cc1)C1CCN(S(=O)(=O)Cc2ccc(F)cc2)CC1. The molecule has 0 atom stereocenters. The second-order valence-corrected chi connectivity index (χ2v) is 11.0. The van der Waals surface area contributed by atoms with E-state index < -0.39 is 15.8 Å². The molecule has 1 heterocycles. The van der Waals surface area contributed by atoms with Crippen molar-refractivity contribution in [3.05, 3.63) is 70.5 Å². The van der Waals surface area contributed by atoms with Gasteiger partial charge in [-0.25, -0.2) is 17.1 Å². The van der Waals surface area contributed by atoms with Crippen LogP contribution in [0.1, 0.15) is 24.0 Å². The van der Waals surface area contributed by atoms with Crippen LogP contribution in [0.2, 0.25) is 5.02 Å². The van der Waals surface area contributed by atoms with E-state index in [-0.39, 0.29) is 17.6 Å². The van der Waals surface area contributed by atoms with Gasteiger partial charge in [0.05, 0.1) is 5.75 Å². The number of benzene rings is 2. The second kappa shape index (κ2) is 11.3. The number of sulfonamides is 1. The van der Waals surface area contributed by atoms with Crippen LogP contribution < -0.4 is 5.32 Å². The van der Waals surface area contributed by atoms with E-state index in [4.69, 9.17) is 11.6 Å². The Bertz CT molecular complexity index is 961. The van der Waals surface area contributed by atoms with Crippen molar-refractivity contribution >= 4 is 39.3 Å². The number of halogens is 2. The first-order chi connectivity index (χ1) is 14.8. The average Bonchev–Trinajstić information content (AvgIpc) is 2.76. The van der Waals surface area contributed by atoms with Gasteiger partial charge in [-0.05, 0) is 48.2 Å². The standard InChI is InChI=1S/C22H26ClFN2O3S2/c23-20-5-1-17(2-6-20)15-30-14-11-25-22(27)19-9-12-26(13-10-19)31(28,29)16-18-3-7-21(24)8-4-18/h1-8,19H,9-16H2,(H,25,27). The topological polar surface area (TPSA) is 66.5 Å². The van der Waals surface area contributed by atoms with Gasteiger partial charge in [-0.15, -0.1) is 0 Å². The summed E-state index contributed by atoms with van der Waals surface area (Å²) in [6, 6.07) is 13.2. The van der Waals surface area contributed by atoms with Crippen molar-refractivity contribution in [2.75, 3.05) is 25.4 Å². The Labute approximate surface area is 192 Å². The second-order valence-electron chi connectivity index (χ2n) is 7.53. The van der Waals surface area contributed by atoms with E-state index in [9.17, 15) is 17.6 Å². The van der Waals surface area contributed by atoms with E-state index in [0.717, 1.165) is 16.5 Å². The number of rotatable bonds is 9. The van der Waals surface area contributed by atoms with Crippen LogP contribution in [0, 0.1) is 11.7 Å². The van der Waals surface area contributed by atoms with E-state index in [1.807, 2.05) is 24.3 Å². The molecule has 5 nitrogen and oxygen atoms in total. The fraction of sp³-hybridized carbons (Fsp3) is 0.409. The van der Waals surface area contributed by atoms with Crippen LogP contribution in [0.25, 0.3) is 0 Å². The van der Waals surface area contributed by atoms with E-state index in [1.54, 1.807) is 11.8 Å². The molecule has 1 N–H and O–H groups in total. The van der Waals surface area contributed by atoms with Crippen LogP contribution in [-0.2, 0) is 26.3 Å². The largest absolute Gasteiger partial charge is 0.355 e. The molecule has 1 aliphatic heterocycles. The summed E-state index contributed by atoms with van der Waals surface area (Å²) in [5, 5.41) is 3.68. The maximum absolute atomic E-state index is 13.0. The first-order valence-electron chi connectivity index (χ1n) is 10.2. The van der Waals surface area contributed by atoms with Crippen molar-refractivity contribution in [3.8, 4) is 0 Å². The number of nitrogens with one attached hydrogen (secondary N) is 1. The van der Waals surface area contributed by atoms with Crippen LogP contribution in [0.3, 0.4) is 0 Å². The van der Waals surface area contributed by atoms with Crippen molar-refractivity contribution in [2.45, 2.75) is 24.3 Å². The third-order valence-electron chi connectivity index (χ3n) is 5.21. The molecular formula is C22H26ClFN2O3S2. The van der Waals surface area contributed by atoms with Gasteiger partial charge in [-0.1, -0.05) is 35.9 Å². The molecule has 0 aliphatic carbocycles. The first kappa shape index (κ1) is 24.0. The highest BCUT2D eigenvalue weighted by molar-refractivity contribution is 7.98. The zero-order valence-electron chi connectivity index (χ0n) is 17.1. The molecule has 0 bridgehead atoms. The van der Waals surface area contributed by atoms with Gasteiger partial charge in [-0.2, -0.15) is 11.8 Å². The Kier molecular flexibility index (Phi) is 8.77. The van der Waals surface area contributed by atoms with E-state index in [1.165, 1.54) is 34.1 Å². The molecule has 31 heavy (non-hydrogen) atoms. The lowest BCUT2D eigenvalue weighted by Gasteiger charge is -2.30. The highest BCUT2D eigenvalue weighted by Gasteiger charge is 2.31. The molecule has 3 rings (SSSR count). The van der Waals surface area contributed by atoms with Crippen LogP contribution in [-0.4, -0.2) is 44.0 Å². The van der Waals surface area contributed by atoms with Gasteiger partial charge in [0.25, 0.3) is 0 Å². The lowest BCUT2D eigenvalue weighted by Crippen LogP contribution is -2.43. The van der Waals surface area contributed by atoms with Gasteiger partial charge in [0.1, 0.15) is 5.82 Å². The molecule has 0 spiro atoms. The van der Waals surface area contributed by atoms with Crippen molar-refractivity contribution in [1.29, 1.82) is 0 Å². The summed E-state index contributed by atoms with van der Waals surface area (Å²) in [6.07, 6.45) is 1.01. The van der Waals surface area contributed by atoms with Crippen molar-refractivity contribution < 1.29 is 17.6 Å². The van der Waals surface area contributed by atoms with Gasteiger partial charge in [0.2, 0.25) is 15.9 Å². The molecule has 1 aliphatic rings. The summed E-state index contributed by atoms with van der Waals surface area (Å²) in [4.78, 5) is 12.4. The maximum Gasteiger partial charge on any atom is 0.223 e. The van der Waals surface area contributed by atoms with Gasteiger partial charge in [0.15, 0.2) is 0 Å². The molecule has 1 amide bonds. The van der Waals surface area contributed by atoms with Crippen LogP contribution in [0.4, 0.5) is 4.39 Å². The van der Waals surface area contributed by atoms with Gasteiger partial charge in [-0.3, -0.25) is 4.79 Å². The van der Waals surface area contributed by atoms with Crippen LogP contribution >= 0.6 is 23.4 Å². The lowest BCUT2D eigenvalue weighted by molar-refractivity contribution is -0.125. The summed E-state index contributed by atoms with van der Waals surface area (Å²) in [5.41, 5.74) is 1.74. The Morgan fingerprint density at radius 3 is 2.32 bits per heavy atom. The average molecular weight is 485 g/mol. The summed E-state index contributed by atoms with van der Waals surface area (Å²) in [5.74, 6) is 0.934. The minimum atomic E-state index is -3.48. The fourth-order valence-electron chi connectivity index (χ4n) is 3.44. The third kappa shape index (κ3) is 7.49. The number of carbonyl (C=O) groups excluding carboxylic acids is 1. The van der Waals surface area contributed by atoms with Gasteiger partial charge < -0.3 is 5.32 Å². The van der Waals surface area contributed by atoms with Crippen molar-refractivity contribution in [1.82, 2.24) is 9.62 Å². The summed E-state index contributed by atoms with van der Waals surface area (Å²) < 4.78 is 39.7. The Morgan fingerprint density at radius 1 is 1.06 bits per heavy atom. The van der Waals surface area contributed by atoms with Crippen molar-refractivity contribution in [2.24, 2.45) is 5.92 Å². The monoisotopic (exact) mass is 484 g/mol. The Hall–Kier alpha value is -1.61. The molecule has 168 valence electrons. The summed E-state index contributed by atoms with van der Waals surface area (Å²) in [6.45, 7) is 1.24. The van der Waals surface area contributed by atoms with Crippen molar-refractivity contribution in [3.63, 3.8) is 0 Å². The Morgan fingerprint density at radius 2 is 1.68 bits per heavy atom. The molecule has 0 unspecified atom stereocenters. The number of hydrogen-bond acceptors (Lipinski definition) is 4. The minimum absolute atomic E-state index is 0.0114. The van der Waals surface area contributed by atoms with Gasteiger partial charge >= 0.3 is 0 Å². The number of carbonyl (C=O) groups is 1.